The first kappa shape index (κ1) is 13.4. The fraction of sp³-hybridized carbons (Fsp3) is 0.267. The molecule has 0 spiro atoms. The van der Waals surface area contributed by atoms with Gasteiger partial charge in [-0.1, -0.05) is 30.3 Å². The van der Waals surface area contributed by atoms with E-state index in [0.29, 0.717) is 23.5 Å². The third kappa shape index (κ3) is 2.51. The number of nitrogens with two attached hydrogens (primary N) is 1. The Morgan fingerprint density at radius 1 is 1.20 bits per heavy atom. The lowest BCUT2D eigenvalue weighted by Crippen LogP contribution is -2.32. The van der Waals surface area contributed by atoms with Gasteiger partial charge in [0.1, 0.15) is 0 Å². The lowest BCUT2D eigenvalue weighted by atomic mass is 9.95. The number of benzene rings is 1. The van der Waals surface area contributed by atoms with Crippen molar-refractivity contribution in [2.45, 2.75) is 12.0 Å². The zero-order valence-electron chi connectivity index (χ0n) is 10.8. The zero-order chi connectivity index (χ0) is 14.1. The molecule has 20 heavy (non-hydrogen) atoms. The maximum atomic E-state index is 12.3. The van der Waals surface area contributed by atoms with Crippen LogP contribution in [0, 0.1) is 0 Å². The normalized spacial score (nSPS) is 22.2. The SMILES string of the molecule is N[C@@H]1CN(C(=O)c2ccc(Br)o2)C[C@H]1c1ccccc1. The molecule has 1 amide bonds. The quantitative estimate of drug-likeness (QED) is 0.918. The second kappa shape index (κ2) is 5.42. The summed E-state index contributed by atoms with van der Waals surface area (Å²) in [7, 11) is 0. The van der Waals surface area contributed by atoms with Crippen molar-refractivity contribution in [2.75, 3.05) is 13.1 Å². The van der Waals surface area contributed by atoms with Crippen LogP contribution in [0.15, 0.2) is 51.6 Å². The number of halogens is 1. The molecule has 1 aliphatic rings. The molecular weight excluding hydrogens is 320 g/mol. The molecule has 0 saturated carbocycles. The number of furan rings is 1. The third-order valence-corrected chi connectivity index (χ3v) is 4.09. The van der Waals surface area contributed by atoms with Crippen LogP contribution >= 0.6 is 15.9 Å². The van der Waals surface area contributed by atoms with Crippen LogP contribution in [0.1, 0.15) is 22.0 Å². The maximum Gasteiger partial charge on any atom is 0.289 e. The lowest BCUT2D eigenvalue weighted by molar-refractivity contribution is 0.0756. The van der Waals surface area contributed by atoms with Crippen molar-refractivity contribution in [1.29, 1.82) is 0 Å². The van der Waals surface area contributed by atoms with Gasteiger partial charge in [-0.25, -0.2) is 0 Å². The minimum absolute atomic E-state index is 0.0419. The molecule has 1 aromatic carbocycles. The summed E-state index contributed by atoms with van der Waals surface area (Å²) in [6.45, 7) is 1.18. The highest BCUT2D eigenvalue weighted by Gasteiger charge is 2.35. The van der Waals surface area contributed by atoms with Crippen LogP contribution in [-0.4, -0.2) is 29.9 Å². The van der Waals surface area contributed by atoms with Gasteiger partial charge in [-0.15, -0.1) is 0 Å². The van der Waals surface area contributed by atoms with Crippen LogP contribution in [0.5, 0.6) is 0 Å². The van der Waals surface area contributed by atoms with Gasteiger partial charge in [0.2, 0.25) is 0 Å². The molecule has 1 aromatic heterocycles. The molecule has 104 valence electrons. The average molecular weight is 335 g/mol. The van der Waals surface area contributed by atoms with Gasteiger partial charge in [0.15, 0.2) is 10.4 Å². The van der Waals surface area contributed by atoms with Crippen molar-refractivity contribution in [2.24, 2.45) is 5.73 Å². The lowest BCUT2D eigenvalue weighted by Gasteiger charge is -2.15. The van der Waals surface area contributed by atoms with Crippen LogP contribution in [0.2, 0.25) is 0 Å². The molecule has 0 aliphatic carbocycles. The third-order valence-electron chi connectivity index (χ3n) is 3.66. The highest BCUT2D eigenvalue weighted by atomic mass is 79.9. The molecule has 1 fully saturated rings. The van der Waals surface area contributed by atoms with Crippen LogP contribution in [0.4, 0.5) is 0 Å². The molecule has 3 rings (SSSR count). The average Bonchev–Trinajstić information content (AvgIpc) is 3.05. The number of hydrogen-bond acceptors (Lipinski definition) is 3. The fourth-order valence-corrected chi connectivity index (χ4v) is 2.94. The summed E-state index contributed by atoms with van der Waals surface area (Å²) in [6, 6.07) is 13.4. The molecule has 1 saturated heterocycles. The fourth-order valence-electron chi connectivity index (χ4n) is 2.63. The Kier molecular flexibility index (Phi) is 3.63. The molecular formula is C15H15BrN2O2. The number of hydrogen-bond donors (Lipinski definition) is 1. The summed E-state index contributed by atoms with van der Waals surface area (Å²) in [4.78, 5) is 14.1. The maximum absolute atomic E-state index is 12.3. The molecule has 4 nitrogen and oxygen atoms in total. The first-order valence-corrected chi connectivity index (χ1v) is 7.29. The molecule has 1 aliphatic heterocycles. The first-order valence-electron chi connectivity index (χ1n) is 6.50. The molecule has 2 heterocycles. The number of amides is 1. The summed E-state index contributed by atoms with van der Waals surface area (Å²) in [5.74, 6) is 0.418. The summed E-state index contributed by atoms with van der Waals surface area (Å²) >= 11 is 3.21. The van der Waals surface area contributed by atoms with Crippen molar-refractivity contribution in [3.05, 3.63) is 58.5 Å². The van der Waals surface area contributed by atoms with Gasteiger partial charge in [-0.05, 0) is 33.6 Å². The van der Waals surface area contributed by atoms with Crippen molar-refractivity contribution in [3.63, 3.8) is 0 Å². The Morgan fingerprint density at radius 3 is 2.60 bits per heavy atom. The Morgan fingerprint density at radius 2 is 1.95 bits per heavy atom. The van der Waals surface area contributed by atoms with E-state index >= 15 is 0 Å². The Balaban J connectivity index is 1.77. The zero-order valence-corrected chi connectivity index (χ0v) is 12.4. The Labute approximate surface area is 125 Å². The highest BCUT2D eigenvalue weighted by Crippen LogP contribution is 2.28. The monoisotopic (exact) mass is 334 g/mol. The molecule has 2 aromatic rings. The second-order valence-electron chi connectivity index (χ2n) is 4.99. The molecule has 0 bridgehead atoms. The minimum Gasteiger partial charge on any atom is -0.444 e. The predicted octanol–water partition coefficient (Wildman–Crippen LogP) is 2.61. The summed E-state index contributed by atoms with van der Waals surface area (Å²) in [6.07, 6.45) is 0. The smallest absolute Gasteiger partial charge is 0.289 e. The van der Waals surface area contributed by atoms with E-state index in [0.717, 1.165) is 0 Å². The Hall–Kier alpha value is -1.59. The number of carbonyl (C=O) groups excluding carboxylic acids is 1. The number of rotatable bonds is 2. The van der Waals surface area contributed by atoms with E-state index in [4.69, 9.17) is 10.2 Å². The number of likely N-dealkylation sites (tertiary alicyclic amines) is 1. The van der Waals surface area contributed by atoms with Crippen molar-refractivity contribution in [1.82, 2.24) is 4.90 Å². The van der Waals surface area contributed by atoms with E-state index < -0.39 is 0 Å². The molecule has 5 heteroatoms. The van der Waals surface area contributed by atoms with E-state index in [1.807, 2.05) is 18.2 Å². The molecule has 0 radical (unpaired) electrons. The summed E-state index contributed by atoms with van der Waals surface area (Å²) in [5, 5.41) is 0. The molecule has 2 atom stereocenters. The summed E-state index contributed by atoms with van der Waals surface area (Å²) < 4.78 is 5.88. The van der Waals surface area contributed by atoms with Crippen molar-refractivity contribution < 1.29 is 9.21 Å². The van der Waals surface area contributed by atoms with E-state index in [1.165, 1.54) is 5.56 Å². The highest BCUT2D eigenvalue weighted by molar-refractivity contribution is 9.10. The van der Waals surface area contributed by atoms with E-state index in [1.54, 1.807) is 17.0 Å². The van der Waals surface area contributed by atoms with E-state index in [2.05, 4.69) is 28.1 Å². The van der Waals surface area contributed by atoms with Crippen LogP contribution in [-0.2, 0) is 0 Å². The van der Waals surface area contributed by atoms with Gasteiger partial charge in [0.25, 0.3) is 5.91 Å². The molecule has 2 N–H and O–H groups in total. The van der Waals surface area contributed by atoms with Gasteiger partial charge >= 0.3 is 0 Å². The van der Waals surface area contributed by atoms with Crippen LogP contribution in [0.25, 0.3) is 0 Å². The van der Waals surface area contributed by atoms with E-state index in [9.17, 15) is 4.79 Å². The largest absolute Gasteiger partial charge is 0.444 e. The topological polar surface area (TPSA) is 59.5 Å². The minimum atomic E-state index is -0.107. The summed E-state index contributed by atoms with van der Waals surface area (Å²) in [5.41, 5.74) is 7.37. The standard InChI is InChI=1S/C15H15BrN2O2/c16-14-7-6-13(20-14)15(19)18-8-11(12(17)9-18)10-4-2-1-3-5-10/h1-7,11-12H,8-9,17H2/t11-,12+/m0/s1. The van der Waals surface area contributed by atoms with Crippen LogP contribution in [0.3, 0.4) is 0 Å². The predicted molar refractivity (Wildman–Crippen MR) is 79.5 cm³/mol. The number of carbonyl (C=O) groups is 1. The first-order chi connectivity index (χ1) is 9.65. The number of nitrogens with zero attached hydrogens (tertiary/aromatic N) is 1. The van der Waals surface area contributed by atoms with Gasteiger partial charge in [-0.2, -0.15) is 0 Å². The molecule has 0 unspecified atom stereocenters. The van der Waals surface area contributed by atoms with Gasteiger partial charge in [0, 0.05) is 25.0 Å². The Bertz CT molecular complexity index is 611. The van der Waals surface area contributed by atoms with Gasteiger partial charge < -0.3 is 15.1 Å². The second-order valence-corrected chi connectivity index (χ2v) is 5.78. The van der Waals surface area contributed by atoms with E-state index in [-0.39, 0.29) is 17.9 Å². The van der Waals surface area contributed by atoms with Gasteiger partial charge in [-0.3, -0.25) is 4.79 Å². The van der Waals surface area contributed by atoms with Gasteiger partial charge in [0.05, 0.1) is 0 Å². The van der Waals surface area contributed by atoms with Crippen LogP contribution < -0.4 is 5.73 Å². The van der Waals surface area contributed by atoms with Crippen molar-refractivity contribution >= 4 is 21.8 Å². The van der Waals surface area contributed by atoms with Crippen molar-refractivity contribution in [3.8, 4) is 0 Å².